The van der Waals surface area contributed by atoms with Gasteiger partial charge in [0.25, 0.3) is 0 Å². The third-order valence-corrected chi connectivity index (χ3v) is 2.77. The maximum absolute atomic E-state index is 11.2. The van der Waals surface area contributed by atoms with Gasteiger partial charge in [0.15, 0.2) is 0 Å². The first kappa shape index (κ1) is 12.2. The number of imidazole rings is 1. The molecule has 2 rings (SSSR count). The van der Waals surface area contributed by atoms with Crippen molar-refractivity contribution in [3.05, 3.63) is 29.5 Å². The molecule has 18 heavy (non-hydrogen) atoms. The highest BCUT2D eigenvalue weighted by Crippen LogP contribution is 2.19. The van der Waals surface area contributed by atoms with E-state index in [1.165, 1.54) is 4.68 Å². The third kappa shape index (κ3) is 2.06. The normalized spacial score (nSPS) is 10.6. The van der Waals surface area contributed by atoms with Crippen molar-refractivity contribution in [2.24, 2.45) is 14.1 Å². The van der Waals surface area contributed by atoms with Gasteiger partial charge in [0.1, 0.15) is 17.2 Å². The highest BCUT2D eigenvalue weighted by Gasteiger charge is 2.19. The van der Waals surface area contributed by atoms with Crippen molar-refractivity contribution in [1.82, 2.24) is 19.3 Å². The number of nitrogens with one attached hydrogen (secondary N) is 1. The Kier molecular flexibility index (Phi) is 3.05. The highest BCUT2D eigenvalue weighted by atomic mass is 16.4. The molecule has 0 atom stereocenters. The zero-order valence-corrected chi connectivity index (χ0v) is 10.5. The number of aromatic nitrogens is 4. The maximum Gasteiger partial charge on any atom is 0.341 e. The van der Waals surface area contributed by atoms with Gasteiger partial charge in [0.05, 0.1) is 12.2 Å². The summed E-state index contributed by atoms with van der Waals surface area (Å²) in [7, 11) is 3.59. The largest absolute Gasteiger partial charge is 0.477 e. The SMILES string of the molecule is Cc1nn(C)c(NCc2nccn2C)c1C(=O)O. The van der Waals surface area contributed by atoms with Gasteiger partial charge in [0, 0.05) is 26.5 Å². The number of aromatic carboxylic acids is 1. The van der Waals surface area contributed by atoms with Crippen LogP contribution in [0.5, 0.6) is 0 Å². The average molecular weight is 249 g/mol. The second kappa shape index (κ2) is 4.52. The highest BCUT2D eigenvalue weighted by molar-refractivity contribution is 5.94. The summed E-state index contributed by atoms with van der Waals surface area (Å²) in [6.45, 7) is 2.12. The van der Waals surface area contributed by atoms with Crippen LogP contribution in [-0.2, 0) is 20.6 Å². The van der Waals surface area contributed by atoms with E-state index in [-0.39, 0.29) is 5.56 Å². The lowest BCUT2D eigenvalue weighted by atomic mass is 10.2. The molecule has 2 heterocycles. The van der Waals surface area contributed by atoms with Crippen LogP contribution in [0.2, 0.25) is 0 Å². The van der Waals surface area contributed by atoms with Gasteiger partial charge in [-0.05, 0) is 6.92 Å². The number of carboxylic acids is 1. The van der Waals surface area contributed by atoms with E-state index in [1.807, 2.05) is 17.8 Å². The Bertz CT molecular complexity index is 584. The smallest absolute Gasteiger partial charge is 0.341 e. The summed E-state index contributed by atoms with van der Waals surface area (Å²) in [5.41, 5.74) is 0.694. The molecule has 7 nitrogen and oxygen atoms in total. The Morgan fingerprint density at radius 3 is 2.78 bits per heavy atom. The van der Waals surface area contributed by atoms with Gasteiger partial charge < -0.3 is 15.0 Å². The molecular weight excluding hydrogens is 234 g/mol. The van der Waals surface area contributed by atoms with E-state index in [2.05, 4.69) is 15.4 Å². The predicted molar refractivity (Wildman–Crippen MR) is 65.4 cm³/mol. The number of hydrogen-bond acceptors (Lipinski definition) is 4. The number of anilines is 1. The van der Waals surface area contributed by atoms with Crippen molar-refractivity contribution >= 4 is 11.8 Å². The molecule has 0 aliphatic carbocycles. The van der Waals surface area contributed by atoms with Gasteiger partial charge in [-0.25, -0.2) is 9.78 Å². The van der Waals surface area contributed by atoms with Crippen LogP contribution < -0.4 is 5.32 Å². The van der Waals surface area contributed by atoms with Crippen molar-refractivity contribution < 1.29 is 9.90 Å². The van der Waals surface area contributed by atoms with Crippen LogP contribution in [0.25, 0.3) is 0 Å². The zero-order valence-electron chi connectivity index (χ0n) is 10.5. The van der Waals surface area contributed by atoms with Crippen LogP contribution in [0, 0.1) is 6.92 Å². The maximum atomic E-state index is 11.2. The molecule has 0 fully saturated rings. The minimum atomic E-state index is -0.983. The van der Waals surface area contributed by atoms with Crippen molar-refractivity contribution in [3.63, 3.8) is 0 Å². The van der Waals surface area contributed by atoms with E-state index in [1.54, 1.807) is 20.2 Å². The summed E-state index contributed by atoms with van der Waals surface area (Å²) in [6, 6.07) is 0. The van der Waals surface area contributed by atoms with Crippen LogP contribution in [0.15, 0.2) is 12.4 Å². The van der Waals surface area contributed by atoms with Gasteiger partial charge in [-0.3, -0.25) is 4.68 Å². The lowest BCUT2D eigenvalue weighted by Gasteiger charge is -2.07. The first-order valence-corrected chi connectivity index (χ1v) is 5.47. The molecule has 7 heteroatoms. The number of hydrogen-bond donors (Lipinski definition) is 2. The van der Waals surface area contributed by atoms with Gasteiger partial charge in [-0.2, -0.15) is 5.10 Å². The fourth-order valence-electron chi connectivity index (χ4n) is 1.85. The van der Waals surface area contributed by atoms with E-state index in [0.29, 0.717) is 18.1 Å². The quantitative estimate of drug-likeness (QED) is 0.836. The molecule has 0 radical (unpaired) electrons. The molecule has 2 aromatic heterocycles. The Morgan fingerprint density at radius 1 is 1.50 bits per heavy atom. The van der Waals surface area contributed by atoms with E-state index >= 15 is 0 Å². The molecule has 0 saturated heterocycles. The van der Waals surface area contributed by atoms with Gasteiger partial charge in [-0.1, -0.05) is 0 Å². The fraction of sp³-hybridized carbons (Fsp3) is 0.364. The van der Waals surface area contributed by atoms with E-state index in [0.717, 1.165) is 5.82 Å². The Labute approximate surface area is 104 Å². The third-order valence-electron chi connectivity index (χ3n) is 2.77. The van der Waals surface area contributed by atoms with Crippen LogP contribution in [0.3, 0.4) is 0 Å². The first-order chi connectivity index (χ1) is 8.50. The number of aryl methyl sites for hydroxylation is 3. The Balaban J connectivity index is 2.24. The Hall–Kier alpha value is -2.31. The first-order valence-electron chi connectivity index (χ1n) is 5.47. The Morgan fingerprint density at radius 2 is 2.22 bits per heavy atom. The monoisotopic (exact) mass is 249 g/mol. The zero-order chi connectivity index (χ0) is 13.3. The van der Waals surface area contributed by atoms with Crippen LogP contribution in [0.4, 0.5) is 5.82 Å². The standard InChI is InChI=1S/C11H15N5O2/c1-7-9(11(17)18)10(16(3)14-7)13-6-8-12-4-5-15(8)2/h4-5,13H,6H2,1-3H3,(H,17,18). The number of carbonyl (C=O) groups is 1. The fourth-order valence-corrected chi connectivity index (χ4v) is 1.85. The molecule has 0 aliphatic rings. The van der Waals surface area contributed by atoms with Gasteiger partial charge in [0.2, 0.25) is 0 Å². The van der Waals surface area contributed by atoms with Gasteiger partial charge >= 0.3 is 5.97 Å². The summed E-state index contributed by atoms with van der Waals surface area (Å²) in [6.07, 6.45) is 3.53. The number of nitrogens with zero attached hydrogens (tertiary/aromatic N) is 4. The molecule has 0 aliphatic heterocycles. The average Bonchev–Trinajstić information content (AvgIpc) is 2.79. The summed E-state index contributed by atoms with van der Waals surface area (Å²) >= 11 is 0. The number of carboxylic acid groups (broad SMARTS) is 1. The molecule has 2 N–H and O–H groups in total. The summed E-state index contributed by atoms with van der Waals surface area (Å²) < 4.78 is 3.40. The van der Waals surface area contributed by atoms with Crippen LogP contribution in [-0.4, -0.2) is 30.4 Å². The summed E-state index contributed by atoms with van der Waals surface area (Å²) in [5, 5.41) is 16.3. The second-order valence-corrected chi connectivity index (χ2v) is 4.05. The molecule has 0 aromatic carbocycles. The molecule has 0 amide bonds. The molecular formula is C11H15N5O2. The lowest BCUT2D eigenvalue weighted by molar-refractivity contribution is 0.0697. The van der Waals surface area contributed by atoms with Gasteiger partial charge in [-0.15, -0.1) is 0 Å². The molecule has 96 valence electrons. The molecule has 0 bridgehead atoms. The predicted octanol–water partition coefficient (Wildman–Crippen LogP) is 0.772. The van der Waals surface area contributed by atoms with Crippen LogP contribution >= 0.6 is 0 Å². The number of rotatable bonds is 4. The van der Waals surface area contributed by atoms with E-state index in [4.69, 9.17) is 5.11 Å². The summed E-state index contributed by atoms with van der Waals surface area (Å²) in [5.74, 6) is 0.330. The molecule has 0 spiro atoms. The van der Waals surface area contributed by atoms with E-state index < -0.39 is 5.97 Å². The minimum Gasteiger partial charge on any atom is -0.477 e. The van der Waals surface area contributed by atoms with Crippen molar-refractivity contribution in [3.8, 4) is 0 Å². The van der Waals surface area contributed by atoms with Crippen LogP contribution in [0.1, 0.15) is 21.9 Å². The molecule has 2 aromatic rings. The molecule has 0 saturated carbocycles. The molecule has 0 unspecified atom stereocenters. The van der Waals surface area contributed by atoms with Crippen molar-refractivity contribution in [1.29, 1.82) is 0 Å². The topological polar surface area (TPSA) is 85.0 Å². The lowest BCUT2D eigenvalue weighted by Crippen LogP contribution is -2.11. The minimum absolute atomic E-state index is 0.201. The van der Waals surface area contributed by atoms with Crippen molar-refractivity contribution in [2.75, 3.05) is 5.32 Å². The summed E-state index contributed by atoms with van der Waals surface area (Å²) in [4.78, 5) is 15.3. The second-order valence-electron chi connectivity index (χ2n) is 4.05. The van der Waals surface area contributed by atoms with Crippen molar-refractivity contribution in [2.45, 2.75) is 13.5 Å². The van der Waals surface area contributed by atoms with E-state index in [9.17, 15) is 4.79 Å².